The maximum Gasteiger partial charge on any atom is 0.106 e. The van der Waals surface area contributed by atoms with E-state index < -0.39 is 0 Å². The molecule has 5 rings (SSSR count). The first-order chi connectivity index (χ1) is 17.9. The van der Waals surface area contributed by atoms with Crippen LogP contribution in [0.5, 0.6) is 0 Å². The van der Waals surface area contributed by atoms with Gasteiger partial charge in [-0.1, -0.05) is 121 Å². The molecule has 0 unspecified atom stereocenters. The molecule has 0 spiro atoms. The van der Waals surface area contributed by atoms with Gasteiger partial charge in [0.15, 0.2) is 0 Å². The fourth-order valence-electron chi connectivity index (χ4n) is 5.26. The minimum atomic E-state index is -0.273. The zero-order valence-electron chi connectivity index (χ0n) is 21.3. The number of rotatable bonds is 8. The molecular weight excluding hydrogens is 577 g/mol. The standard InChI is InChI=1S/C32H34P2.CH2O.Rh/c1-5-13-29(14-6-1)33(30-15-7-2-8-16-30)25-27-21-23-28(24-22-27)26-34(31-17-9-3-10-18-31)32-19-11-4-12-20-32;1-2;/h1-20,27-28H,21-26H2;1H2;. The predicted molar refractivity (Wildman–Crippen MR) is 160 cm³/mol. The van der Waals surface area contributed by atoms with Crippen molar-refractivity contribution in [2.24, 2.45) is 11.8 Å². The van der Waals surface area contributed by atoms with Crippen molar-refractivity contribution in [3.05, 3.63) is 121 Å². The second kappa shape index (κ2) is 16.1. The van der Waals surface area contributed by atoms with Crippen LogP contribution < -0.4 is 21.2 Å². The van der Waals surface area contributed by atoms with Crippen LogP contribution in [-0.4, -0.2) is 19.1 Å². The molecule has 0 saturated heterocycles. The summed E-state index contributed by atoms with van der Waals surface area (Å²) in [6, 6.07) is 45.0. The molecule has 4 aromatic carbocycles. The molecule has 1 aliphatic carbocycles. The molecule has 0 heterocycles. The molecule has 1 fully saturated rings. The van der Waals surface area contributed by atoms with E-state index in [0.717, 1.165) is 11.8 Å². The van der Waals surface area contributed by atoms with Gasteiger partial charge in [-0.15, -0.1) is 0 Å². The molecule has 1 radical (unpaired) electrons. The molecule has 1 saturated carbocycles. The van der Waals surface area contributed by atoms with Crippen molar-refractivity contribution in [2.75, 3.05) is 12.3 Å². The summed E-state index contributed by atoms with van der Waals surface area (Å²) in [6.45, 7) is 2.00. The van der Waals surface area contributed by atoms with Crippen LogP contribution in [0, 0.1) is 11.8 Å². The summed E-state index contributed by atoms with van der Waals surface area (Å²) in [5, 5.41) is 6.12. The molecule has 0 atom stereocenters. The summed E-state index contributed by atoms with van der Waals surface area (Å²) < 4.78 is 0. The summed E-state index contributed by atoms with van der Waals surface area (Å²) >= 11 is 0. The minimum Gasteiger partial charge on any atom is -0.307 e. The third kappa shape index (κ3) is 8.52. The first kappa shape index (κ1) is 29.6. The number of hydrogen-bond donors (Lipinski definition) is 0. The van der Waals surface area contributed by atoms with Gasteiger partial charge in [0.25, 0.3) is 0 Å². The van der Waals surface area contributed by atoms with Crippen molar-refractivity contribution in [2.45, 2.75) is 25.7 Å². The Morgan fingerprint density at radius 2 is 0.676 bits per heavy atom. The van der Waals surface area contributed by atoms with Crippen molar-refractivity contribution >= 4 is 43.9 Å². The number of hydrogen-bond acceptors (Lipinski definition) is 1. The van der Waals surface area contributed by atoms with Gasteiger partial charge in [-0.3, -0.25) is 0 Å². The summed E-state index contributed by atoms with van der Waals surface area (Å²) in [6.07, 6.45) is 8.21. The molecule has 1 aliphatic rings. The van der Waals surface area contributed by atoms with E-state index in [1.165, 1.54) is 59.2 Å². The Morgan fingerprint density at radius 3 is 0.892 bits per heavy atom. The van der Waals surface area contributed by atoms with Crippen molar-refractivity contribution in [3.63, 3.8) is 0 Å². The Kier molecular flexibility index (Phi) is 12.9. The molecule has 0 amide bonds. The Morgan fingerprint density at radius 1 is 0.459 bits per heavy atom. The molecule has 0 aliphatic heterocycles. The summed E-state index contributed by atoms with van der Waals surface area (Å²) in [7, 11) is -0.546. The van der Waals surface area contributed by atoms with Crippen LogP contribution in [0.3, 0.4) is 0 Å². The third-order valence-electron chi connectivity index (χ3n) is 7.12. The topological polar surface area (TPSA) is 17.1 Å². The number of carbonyl (C=O) groups excluding carboxylic acids is 1. The molecule has 4 heteroatoms. The molecule has 0 bridgehead atoms. The summed E-state index contributed by atoms with van der Waals surface area (Å²) in [5.41, 5.74) is 0. The van der Waals surface area contributed by atoms with Gasteiger partial charge in [-0.25, -0.2) is 0 Å². The Bertz CT molecular complexity index is 962. The maximum absolute atomic E-state index is 8.00. The molecule has 0 aromatic heterocycles. The smallest absolute Gasteiger partial charge is 0.106 e. The average Bonchev–Trinajstić information content (AvgIpc) is 2.98. The Hall–Kier alpha value is -1.97. The second-order valence-corrected chi connectivity index (χ2v) is 14.0. The zero-order valence-corrected chi connectivity index (χ0v) is 24.7. The van der Waals surface area contributed by atoms with Crippen molar-refractivity contribution in [1.29, 1.82) is 0 Å². The van der Waals surface area contributed by atoms with Gasteiger partial charge >= 0.3 is 0 Å². The molecule has 37 heavy (non-hydrogen) atoms. The van der Waals surface area contributed by atoms with E-state index in [-0.39, 0.29) is 35.3 Å². The quantitative estimate of drug-likeness (QED) is 0.157. The third-order valence-corrected chi connectivity index (χ3v) is 12.6. The van der Waals surface area contributed by atoms with Gasteiger partial charge in [-0.2, -0.15) is 0 Å². The van der Waals surface area contributed by atoms with Gasteiger partial charge in [0.1, 0.15) is 6.79 Å². The largest absolute Gasteiger partial charge is 0.307 e. The van der Waals surface area contributed by atoms with E-state index >= 15 is 0 Å². The van der Waals surface area contributed by atoms with Crippen molar-refractivity contribution in [3.8, 4) is 0 Å². The van der Waals surface area contributed by atoms with Crippen LogP contribution in [0.4, 0.5) is 0 Å². The van der Waals surface area contributed by atoms with E-state index in [4.69, 9.17) is 4.79 Å². The van der Waals surface area contributed by atoms with Crippen LogP contribution in [0.1, 0.15) is 25.7 Å². The maximum atomic E-state index is 8.00. The Balaban J connectivity index is 0.00000124. The number of benzene rings is 4. The Labute approximate surface area is 238 Å². The average molecular weight is 614 g/mol. The van der Waals surface area contributed by atoms with Crippen molar-refractivity contribution < 1.29 is 24.3 Å². The van der Waals surface area contributed by atoms with Crippen molar-refractivity contribution in [1.82, 2.24) is 0 Å². The van der Waals surface area contributed by atoms with Crippen LogP contribution in [0.2, 0.25) is 0 Å². The molecule has 4 aromatic rings. The minimum absolute atomic E-state index is 0. The first-order valence-electron chi connectivity index (χ1n) is 12.9. The van der Waals surface area contributed by atoms with Crippen LogP contribution >= 0.6 is 15.8 Å². The molecule has 193 valence electrons. The SMILES string of the molecule is C=O.[Rh].c1ccc(P(CC2CCC(CP(c3ccccc3)c3ccccc3)CC2)c2ccccc2)cc1. The van der Waals surface area contributed by atoms with Gasteiger partial charge in [0, 0.05) is 19.5 Å². The normalized spacial score (nSPS) is 16.9. The van der Waals surface area contributed by atoms with Gasteiger partial charge < -0.3 is 4.79 Å². The summed E-state index contributed by atoms with van der Waals surface area (Å²) in [4.78, 5) is 8.00. The van der Waals surface area contributed by atoms with Crippen LogP contribution in [0.25, 0.3) is 0 Å². The fourth-order valence-corrected chi connectivity index (χ4v) is 10.6. The van der Waals surface area contributed by atoms with Gasteiger partial charge in [-0.05, 0) is 86.9 Å². The zero-order chi connectivity index (χ0) is 25.0. The van der Waals surface area contributed by atoms with E-state index in [2.05, 4.69) is 121 Å². The summed E-state index contributed by atoms with van der Waals surface area (Å²) in [5.74, 6) is 1.70. The van der Waals surface area contributed by atoms with Crippen LogP contribution in [0.15, 0.2) is 121 Å². The van der Waals surface area contributed by atoms with E-state index in [9.17, 15) is 0 Å². The molecule has 1 nitrogen and oxygen atoms in total. The first-order valence-corrected chi connectivity index (χ1v) is 16.0. The van der Waals surface area contributed by atoms with E-state index in [1.54, 1.807) is 0 Å². The van der Waals surface area contributed by atoms with Gasteiger partial charge in [0.2, 0.25) is 0 Å². The van der Waals surface area contributed by atoms with E-state index in [0.29, 0.717) is 0 Å². The van der Waals surface area contributed by atoms with Crippen LogP contribution in [-0.2, 0) is 24.3 Å². The molecular formula is C33H36OP2Rh. The fraction of sp³-hybridized carbons (Fsp3) is 0.242. The monoisotopic (exact) mass is 613 g/mol. The van der Waals surface area contributed by atoms with E-state index in [1.807, 2.05) is 6.79 Å². The molecule has 0 N–H and O–H groups in total. The second-order valence-electron chi connectivity index (χ2n) is 9.45. The van der Waals surface area contributed by atoms with Gasteiger partial charge in [0.05, 0.1) is 0 Å². The number of carbonyl (C=O) groups is 1. The predicted octanol–water partition coefficient (Wildman–Crippen LogP) is 6.87.